The van der Waals surface area contributed by atoms with Crippen molar-refractivity contribution in [2.75, 3.05) is 53.6 Å². The van der Waals surface area contributed by atoms with Gasteiger partial charge in [-0.05, 0) is 31.4 Å². The molecule has 2 aliphatic rings. The van der Waals surface area contributed by atoms with E-state index in [0.717, 1.165) is 17.7 Å². The first-order valence-corrected chi connectivity index (χ1v) is 10.7. The van der Waals surface area contributed by atoms with Crippen molar-refractivity contribution in [1.82, 2.24) is 15.1 Å². The van der Waals surface area contributed by atoms with Gasteiger partial charge in [0.25, 0.3) is 0 Å². The maximum Gasteiger partial charge on any atom is 0.236 e. The van der Waals surface area contributed by atoms with Crippen LogP contribution < -0.4 is 10.1 Å². The summed E-state index contributed by atoms with van der Waals surface area (Å²) in [6, 6.07) is 7.96. The third kappa shape index (κ3) is 6.31. The van der Waals surface area contributed by atoms with E-state index in [1.165, 1.54) is 0 Å². The zero-order chi connectivity index (χ0) is 21.3. The summed E-state index contributed by atoms with van der Waals surface area (Å²) in [6.07, 6.45) is 5.43. The number of hydrogen-bond donors (Lipinski definition) is 1. The van der Waals surface area contributed by atoms with Crippen LogP contribution in [-0.2, 0) is 20.9 Å². The fourth-order valence-corrected chi connectivity index (χ4v) is 4.15. The minimum absolute atomic E-state index is 0.0399. The highest BCUT2D eigenvalue weighted by Gasteiger charge is 2.31. The van der Waals surface area contributed by atoms with Crippen LogP contribution in [0.1, 0.15) is 18.4 Å². The average Bonchev–Trinajstić information content (AvgIpc) is 2.73. The molecule has 164 valence electrons. The molecule has 3 rings (SSSR count). The van der Waals surface area contributed by atoms with Crippen LogP contribution in [0.5, 0.6) is 5.75 Å². The molecule has 7 heteroatoms. The lowest BCUT2D eigenvalue weighted by Gasteiger charge is -2.37. The summed E-state index contributed by atoms with van der Waals surface area (Å²) in [6.45, 7) is 3.87. The van der Waals surface area contributed by atoms with Gasteiger partial charge in [0.15, 0.2) is 0 Å². The maximum atomic E-state index is 12.9. The number of nitrogens with zero attached hydrogens (tertiary/aromatic N) is 2. The van der Waals surface area contributed by atoms with Gasteiger partial charge in [-0.15, -0.1) is 0 Å². The van der Waals surface area contributed by atoms with E-state index in [0.29, 0.717) is 52.4 Å². The average molecular weight is 416 g/mol. The third-order valence-electron chi connectivity index (χ3n) is 5.77. The zero-order valence-electron chi connectivity index (χ0n) is 18.0. The van der Waals surface area contributed by atoms with Crippen LogP contribution in [0.4, 0.5) is 0 Å². The second kappa shape index (κ2) is 11.1. The molecule has 0 aromatic heterocycles. The topological polar surface area (TPSA) is 71.1 Å². The van der Waals surface area contributed by atoms with Gasteiger partial charge in [0.2, 0.25) is 11.8 Å². The van der Waals surface area contributed by atoms with Crippen molar-refractivity contribution in [2.24, 2.45) is 11.8 Å². The Kier molecular flexibility index (Phi) is 8.28. The van der Waals surface area contributed by atoms with Gasteiger partial charge in [-0.3, -0.25) is 14.5 Å². The number of carbonyl (C=O) groups excluding carboxylic acids is 2. The van der Waals surface area contributed by atoms with Gasteiger partial charge in [0, 0.05) is 45.3 Å². The number of hydrogen-bond acceptors (Lipinski definition) is 5. The lowest BCUT2D eigenvalue weighted by molar-refractivity contribution is -0.134. The van der Waals surface area contributed by atoms with Crippen molar-refractivity contribution >= 4 is 11.8 Å². The van der Waals surface area contributed by atoms with Crippen molar-refractivity contribution in [2.45, 2.75) is 19.4 Å². The molecule has 30 heavy (non-hydrogen) atoms. The summed E-state index contributed by atoms with van der Waals surface area (Å²) in [7, 11) is 3.58. The van der Waals surface area contributed by atoms with E-state index < -0.39 is 0 Å². The van der Waals surface area contributed by atoms with Crippen molar-refractivity contribution in [3.8, 4) is 5.75 Å². The van der Waals surface area contributed by atoms with E-state index in [1.54, 1.807) is 7.11 Å². The minimum atomic E-state index is 0.0399. The molecule has 2 atom stereocenters. The van der Waals surface area contributed by atoms with Crippen molar-refractivity contribution in [3.63, 3.8) is 0 Å². The monoisotopic (exact) mass is 415 g/mol. The Bertz CT molecular complexity index is 752. The van der Waals surface area contributed by atoms with Gasteiger partial charge in [0.05, 0.1) is 13.2 Å². The summed E-state index contributed by atoms with van der Waals surface area (Å²) >= 11 is 0. The summed E-state index contributed by atoms with van der Waals surface area (Å²) in [5, 5.41) is 2.91. The van der Waals surface area contributed by atoms with Gasteiger partial charge >= 0.3 is 0 Å². The Hall–Kier alpha value is -2.38. The first kappa shape index (κ1) is 22.3. The molecule has 1 N–H and O–H groups in total. The Balaban J connectivity index is 1.71. The van der Waals surface area contributed by atoms with Crippen molar-refractivity contribution < 1.29 is 19.1 Å². The largest absolute Gasteiger partial charge is 0.489 e. The number of nitrogens with one attached hydrogen (secondary N) is 1. The molecule has 0 unspecified atom stereocenters. The van der Waals surface area contributed by atoms with E-state index in [9.17, 15) is 9.59 Å². The maximum absolute atomic E-state index is 12.9. The molecule has 0 spiro atoms. The van der Waals surface area contributed by atoms with E-state index >= 15 is 0 Å². The van der Waals surface area contributed by atoms with Gasteiger partial charge in [-0.2, -0.15) is 0 Å². The number of carbonyl (C=O) groups is 2. The van der Waals surface area contributed by atoms with Crippen LogP contribution in [0.15, 0.2) is 36.4 Å². The molecule has 0 aliphatic carbocycles. The van der Waals surface area contributed by atoms with Gasteiger partial charge in [-0.1, -0.05) is 30.4 Å². The van der Waals surface area contributed by atoms with Gasteiger partial charge in [-0.25, -0.2) is 0 Å². The summed E-state index contributed by atoms with van der Waals surface area (Å²) in [5.41, 5.74) is 1.07. The molecule has 2 heterocycles. The Labute approximate surface area is 179 Å². The minimum Gasteiger partial charge on any atom is -0.489 e. The van der Waals surface area contributed by atoms with E-state index in [2.05, 4.69) is 11.4 Å². The third-order valence-corrected chi connectivity index (χ3v) is 5.77. The highest BCUT2D eigenvalue weighted by molar-refractivity contribution is 5.79. The number of para-hydroxylation sites is 1. The van der Waals surface area contributed by atoms with Crippen LogP contribution in [-0.4, -0.2) is 75.2 Å². The van der Waals surface area contributed by atoms with E-state index in [-0.39, 0.29) is 23.7 Å². The van der Waals surface area contributed by atoms with Crippen LogP contribution in [0, 0.1) is 11.8 Å². The van der Waals surface area contributed by atoms with E-state index in [1.807, 2.05) is 47.2 Å². The molecule has 1 fully saturated rings. The fraction of sp³-hybridized carbons (Fsp3) is 0.565. The molecule has 0 saturated carbocycles. The predicted molar refractivity (Wildman–Crippen MR) is 115 cm³/mol. The first-order valence-electron chi connectivity index (χ1n) is 10.7. The van der Waals surface area contributed by atoms with Crippen LogP contribution in [0.2, 0.25) is 0 Å². The van der Waals surface area contributed by atoms with Crippen molar-refractivity contribution in [1.29, 1.82) is 0 Å². The van der Waals surface area contributed by atoms with Gasteiger partial charge in [0.1, 0.15) is 12.4 Å². The van der Waals surface area contributed by atoms with Crippen molar-refractivity contribution in [3.05, 3.63) is 42.0 Å². The Morgan fingerprint density at radius 3 is 2.97 bits per heavy atom. The molecule has 1 aromatic rings. The molecular weight excluding hydrogens is 382 g/mol. The molecule has 1 aromatic carbocycles. The Morgan fingerprint density at radius 2 is 2.13 bits per heavy atom. The smallest absolute Gasteiger partial charge is 0.236 e. The molecule has 2 bridgehead atoms. The van der Waals surface area contributed by atoms with Crippen LogP contribution >= 0.6 is 0 Å². The summed E-state index contributed by atoms with van der Waals surface area (Å²) in [5.74, 6) is 1.37. The number of amides is 2. The number of ether oxygens (including phenoxy) is 2. The fourth-order valence-electron chi connectivity index (χ4n) is 4.15. The second-order valence-electron chi connectivity index (χ2n) is 8.12. The molecule has 0 radical (unpaired) electrons. The standard InChI is InChI=1S/C23H33N3O4/c1-25-15-20-6-3-4-8-21(20)30-12-5-7-19-16-26(23(28)17-25)11-9-18(19)14-22(27)24-10-13-29-2/h3-8,18-19H,9-17H2,1-2H3,(H,24,27)/b7-5+/t18-,19-/m0/s1. The highest BCUT2D eigenvalue weighted by atomic mass is 16.5. The predicted octanol–water partition coefficient (Wildman–Crippen LogP) is 1.68. The summed E-state index contributed by atoms with van der Waals surface area (Å²) < 4.78 is 11.0. The molecule has 2 aliphatic heterocycles. The number of fused-ring (bicyclic) bond motifs is 3. The quantitative estimate of drug-likeness (QED) is 0.585. The molecule has 2 amide bonds. The number of rotatable bonds is 5. The number of piperidine rings is 1. The summed E-state index contributed by atoms with van der Waals surface area (Å²) in [4.78, 5) is 29.2. The number of benzene rings is 1. The SMILES string of the molecule is COCCNC(=O)C[C@@H]1CCN2C[C@@H]1/C=C/COc1ccccc1CN(C)CC2=O. The zero-order valence-corrected chi connectivity index (χ0v) is 18.0. The van der Waals surface area contributed by atoms with Gasteiger partial charge < -0.3 is 19.7 Å². The molecule has 1 saturated heterocycles. The lowest BCUT2D eigenvalue weighted by atomic mass is 9.82. The lowest BCUT2D eigenvalue weighted by Crippen LogP contribution is -2.47. The van der Waals surface area contributed by atoms with E-state index in [4.69, 9.17) is 9.47 Å². The molecule has 7 nitrogen and oxygen atoms in total. The van der Waals surface area contributed by atoms with Crippen LogP contribution in [0.3, 0.4) is 0 Å². The number of likely N-dealkylation sites (N-methyl/N-ethyl adjacent to an activating group) is 1. The Morgan fingerprint density at radius 1 is 1.30 bits per heavy atom. The molecular formula is C23H33N3O4. The normalized spacial score (nSPS) is 23.9. The first-order chi connectivity index (χ1) is 14.6. The second-order valence-corrected chi connectivity index (χ2v) is 8.12. The van der Waals surface area contributed by atoms with Crippen LogP contribution in [0.25, 0.3) is 0 Å². The highest BCUT2D eigenvalue weighted by Crippen LogP contribution is 2.28. The number of methoxy groups -OCH3 is 1.